The van der Waals surface area contributed by atoms with E-state index in [0.29, 0.717) is 12.0 Å². The Kier molecular flexibility index (Phi) is 4.64. The number of hydrogen-bond acceptors (Lipinski definition) is 3. The van der Waals surface area contributed by atoms with E-state index < -0.39 is 6.43 Å². The van der Waals surface area contributed by atoms with Crippen LogP contribution in [-0.2, 0) is 11.3 Å². The van der Waals surface area contributed by atoms with E-state index in [2.05, 4.69) is 4.84 Å². The number of nitrogens with two attached hydrogens (primary N) is 1. The molecule has 0 aliphatic heterocycles. The molecule has 0 saturated heterocycles. The zero-order valence-electron chi connectivity index (χ0n) is 9.30. The molecule has 1 aromatic rings. The van der Waals surface area contributed by atoms with E-state index in [1.54, 1.807) is 6.07 Å². The van der Waals surface area contributed by atoms with Crippen molar-refractivity contribution in [2.24, 2.45) is 5.90 Å². The van der Waals surface area contributed by atoms with Crippen LogP contribution >= 0.6 is 0 Å². The largest absolute Gasteiger partial charge is 0.496 e. The normalized spacial score (nSPS) is 10.9. The third-order valence-electron chi connectivity index (χ3n) is 2.43. The number of aryl methyl sites for hydroxylation is 1. The van der Waals surface area contributed by atoms with Gasteiger partial charge in [0.1, 0.15) is 5.75 Å². The molecular formula is C11H15F2NO2. The van der Waals surface area contributed by atoms with Gasteiger partial charge in [0.05, 0.1) is 19.3 Å². The highest BCUT2D eigenvalue weighted by molar-refractivity contribution is 5.46. The molecule has 0 atom stereocenters. The minimum Gasteiger partial charge on any atom is -0.496 e. The first-order chi connectivity index (χ1) is 7.61. The van der Waals surface area contributed by atoms with Crippen LogP contribution in [0, 0.1) is 6.92 Å². The molecule has 0 saturated carbocycles. The van der Waals surface area contributed by atoms with Crippen LogP contribution in [0.2, 0.25) is 0 Å². The molecule has 0 bridgehead atoms. The maximum absolute atomic E-state index is 12.7. The average molecular weight is 231 g/mol. The summed E-state index contributed by atoms with van der Waals surface area (Å²) in [6.07, 6.45) is -2.10. The molecule has 0 heterocycles. The van der Waals surface area contributed by atoms with Gasteiger partial charge in [-0.3, -0.25) is 0 Å². The summed E-state index contributed by atoms with van der Waals surface area (Å²) in [4.78, 5) is 4.46. The fourth-order valence-corrected chi connectivity index (χ4v) is 1.63. The lowest BCUT2D eigenvalue weighted by molar-refractivity contribution is 0.138. The van der Waals surface area contributed by atoms with E-state index in [0.717, 1.165) is 5.56 Å². The molecule has 0 spiro atoms. The molecule has 0 amide bonds. The number of hydrogen-bond donors (Lipinski definition) is 1. The fourth-order valence-electron chi connectivity index (χ4n) is 1.63. The number of benzene rings is 1. The van der Waals surface area contributed by atoms with Gasteiger partial charge in [-0.05, 0) is 24.1 Å². The Balaban J connectivity index is 3.16. The van der Waals surface area contributed by atoms with Crippen molar-refractivity contribution in [2.45, 2.75) is 19.8 Å². The molecule has 90 valence electrons. The first-order valence-electron chi connectivity index (χ1n) is 4.88. The van der Waals surface area contributed by atoms with Gasteiger partial charge in [0.15, 0.2) is 0 Å². The Morgan fingerprint density at radius 3 is 2.56 bits per heavy atom. The summed E-state index contributed by atoms with van der Waals surface area (Å²) >= 11 is 0. The Morgan fingerprint density at radius 1 is 1.38 bits per heavy atom. The lowest BCUT2D eigenvalue weighted by Gasteiger charge is -2.15. The standard InChI is InChI=1S/C11H15F2NO2/c1-7-3-4-9(11(12)13)10(15-2)8(7)5-6-16-14/h3-4,11H,5-6,14H2,1-2H3. The lowest BCUT2D eigenvalue weighted by atomic mass is 10.0. The van der Waals surface area contributed by atoms with Crippen molar-refractivity contribution < 1.29 is 18.4 Å². The lowest BCUT2D eigenvalue weighted by Crippen LogP contribution is -2.07. The Bertz CT molecular complexity index is 356. The van der Waals surface area contributed by atoms with Crippen molar-refractivity contribution >= 4 is 0 Å². The number of ether oxygens (including phenoxy) is 1. The summed E-state index contributed by atoms with van der Waals surface area (Å²) in [5.74, 6) is 5.16. The van der Waals surface area contributed by atoms with Crippen LogP contribution in [-0.4, -0.2) is 13.7 Å². The number of halogens is 2. The van der Waals surface area contributed by atoms with Crippen molar-refractivity contribution in [1.82, 2.24) is 0 Å². The van der Waals surface area contributed by atoms with Crippen LogP contribution < -0.4 is 10.6 Å². The highest BCUT2D eigenvalue weighted by Crippen LogP contribution is 2.34. The van der Waals surface area contributed by atoms with Gasteiger partial charge in [-0.25, -0.2) is 14.7 Å². The smallest absolute Gasteiger partial charge is 0.267 e. The maximum atomic E-state index is 12.7. The molecule has 1 aromatic carbocycles. The van der Waals surface area contributed by atoms with Crippen LogP contribution in [0.3, 0.4) is 0 Å². The van der Waals surface area contributed by atoms with Crippen LogP contribution in [0.4, 0.5) is 8.78 Å². The average Bonchev–Trinajstić information content (AvgIpc) is 2.26. The molecule has 16 heavy (non-hydrogen) atoms. The van der Waals surface area contributed by atoms with E-state index in [9.17, 15) is 8.78 Å². The van der Waals surface area contributed by atoms with E-state index in [1.807, 2.05) is 6.92 Å². The van der Waals surface area contributed by atoms with E-state index in [1.165, 1.54) is 13.2 Å². The van der Waals surface area contributed by atoms with Gasteiger partial charge in [-0.1, -0.05) is 6.07 Å². The summed E-state index contributed by atoms with van der Waals surface area (Å²) < 4.78 is 30.5. The summed E-state index contributed by atoms with van der Waals surface area (Å²) in [7, 11) is 1.38. The molecule has 0 radical (unpaired) electrons. The van der Waals surface area contributed by atoms with Gasteiger partial charge in [-0.15, -0.1) is 0 Å². The van der Waals surface area contributed by atoms with Crippen molar-refractivity contribution in [3.8, 4) is 5.75 Å². The predicted molar refractivity (Wildman–Crippen MR) is 56.5 cm³/mol. The van der Waals surface area contributed by atoms with E-state index >= 15 is 0 Å². The maximum Gasteiger partial charge on any atom is 0.267 e. The van der Waals surface area contributed by atoms with Crippen molar-refractivity contribution in [1.29, 1.82) is 0 Å². The fraction of sp³-hybridized carbons (Fsp3) is 0.455. The first-order valence-corrected chi connectivity index (χ1v) is 4.88. The van der Waals surface area contributed by atoms with Crippen molar-refractivity contribution in [3.05, 3.63) is 28.8 Å². The molecule has 0 aliphatic rings. The SMILES string of the molecule is COc1c(C(F)F)ccc(C)c1CCON. The second-order valence-corrected chi connectivity index (χ2v) is 3.40. The van der Waals surface area contributed by atoms with Crippen LogP contribution in [0.1, 0.15) is 23.1 Å². The second kappa shape index (κ2) is 5.77. The first kappa shape index (κ1) is 12.9. The minimum absolute atomic E-state index is 0.0971. The monoisotopic (exact) mass is 231 g/mol. The quantitative estimate of drug-likeness (QED) is 0.791. The summed E-state index contributed by atoms with van der Waals surface area (Å²) in [5, 5.41) is 0. The van der Waals surface area contributed by atoms with Gasteiger partial charge in [0.25, 0.3) is 6.43 Å². The van der Waals surface area contributed by atoms with E-state index in [4.69, 9.17) is 10.6 Å². The Labute approximate surface area is 93.1 Å². The van der Waals surface area contributed by atoms with Gasteiger partial charge in [-0.2, -0.15) is 0 Å². The molecule has 1 rings (SSSR count). The number of methoxy groups -OCH3 is 1. The van der Waals surface area contributed by atoms with Gasteiger partial charge < -0.3 is 9.57 Å². The predicted octanol–water partition coefficient (Wildman–Crippen LogP) is 2.37. The molecule has 0 aliphatic carbocycles. The molecule has 0 fully saturated rings. The molecular weight excluding hydrogens is 216 g/mol. The third kappa shape index (κ3) is 2.68. The van der Waals surface area contributed by atoms with E-state index in [-0.39, 0.29) is 17.9 Å². The highest BCUT2D eigenvalue weighted by atomic mass is 19.3. The van der Waals surface area contributed by atoms with Crippen LogP contribution in [0.15, 0.2) is 12.1 Å². The second-order valence-electron chi connectivity index (χ2n) is 3.40. The summed E-state index contributed by atoms with van der Waals surface area (Å²) in [6.45, 7) is 2.10. The third-order valence-corrected chi connectivity index (χ3v) is 2.43. The van der Waals surface area contributed by atoms with Crippen molar-refractivity contribution in [2.75, 3.05) is 13.7 Å². The number of rotatable bonds is 5. The van der Waals surface area contributed by atoms with Crippen molar-refractivity contribution in [3.63, 3.8) is 0 Å². The van der Waals surface area contributed by atoms with Crippen LogP contribution in [0.25, 0.3) is 0 Å². The molecule has 5 heteroatoms. The minimum atomic E-state index is -2.55. The number of alkyl halides is 2. The van der Waals surface area contributed by atoms with Gasteiger partial charge >= 0.3 is 0 Å². The highest BCUT2D eigenvalue weighted by Gasteiger charge is 2.18. The zero-order chi connectivity index (χ0) is 12.1. The topological polar surface area (TPSA) is 44.5 Å². The summed E-state index contributed by atoms with van der Waals surface area (Å²) in [5.41, 5.74) is 1.50. The van der Waals surface area contributed by atoms with Crippen LogP contribution in [0.5, 0.6) is 5.75 Å². The Morgan fingerprint density at radius 2 is 2.06 bits per heavy atom. The van der Waals surface area contributed by atoms with Gasteiger partial charge in [0, 0.05) is 6.42 Å². The molecule has 0 unspecified atom stereocenters. The molecule has 3 nitrogen and oxygen atoms in total. The molecule has 2 N–H and O–H groups in total. The Hall–Kier alpha value is -1.20. The molecule has 0 aromatic heterocycles. The zero-order valence-corrected chi connectivity index (χ0v) is 9.30. The summed E-state index contributed by atoms with van der Waals surface area (Å²) in [6, 6.07) is 3.03. The van der Waals surface area contributed by atoms with Gasteiger partial charge in [0.2, 0.25) is 0 Å².